The van der Waals surface area contributed by atoms with Crippen molar-refractivity contribution in [2.24, 2.45) is 11.7 Å². The van der Waals surface area contributed by atoms with Crippen molar-refractivity contribution in [2.45, 2.75) is 64.0 Å². The fourth-order valence-electron chi connectivity index (χ4n) is 1.63. The largest absolute Gasteiger partial charge is 0.339 e. The summed E-state index contributed by atoms with van der Waals surface area (Å²) >= 11 is 1.81. The van der Waals surface area contributed by atoms with Gasteiger partial charge in [0.2, 0.25) is 5.89 Å². The van der Waals surface area contributed by atoms with Gasteiger partial charge in [-0.3, -0.25) is 0 Å². The van der Waals surface area contributed by atoms with Crippen LogP contribution in [0.4, 0.5) is 0 Å². The topological polar surface area (TPSA) is 64.9 Å². The maximum atomic E-state index is 6.03. The van der Waals surface area contributed by atoms with Crippen LogP contribution < -0.4 is 5.73 Å². The maximum absolute atomic E-state index is 6.03. The molecule has 0 aliphatic heterocycles. The average molecular weight is 271 g/mol. The third-order valence-electron chi connectivity index (χ3n) is 2.36. The fourth-order valence-corrected chi connectivity index (χ4v) is 2.31. The summed E-state index contributed by atoms with van der Waals surface area (Å²) in [5.41, 5.74) is 6.03. The molecule has 1 rings (SSSR count). The van der Waals surface area contributed by atoms with E-state index in [1.165, 1.54) is 0 Å². The summed E-state index contributed by atoms with van der Waals surface area (Å²) in [6.07, 6.45) is 1.65. The van der Waals surface area contributed by atoms with Crippen molar-refractivity contribution in [3.05, 3.63) is 11.7 Å². The highest BCUT2D eigenvalue weighted by Crippen LogP contribution is 2.26. The van der Waals surface area contributed by atoms with Crippen LogP contribution >= 0.6 is 11.8 Å². The molecule has 1 aromatic heterocycles. The SMILES string of the molecule is CC(C)CC(N)Cc1nc(CSC(C)(C)C)no1. The highest BCUT2D eigenvalue weighted by Gasteiger charge is 2.15. The third kappa shape index (κ3) is 6.40. The summed E-state index contributed by atoms with van der Waals surface area (Å²) in [5, 5.41) is 3.99. The molecule has 0 spiro atoms. The molecule has 18 heavy (non-hydrogen) atoms. The van der Waals surface area contributed by atoms with Crippen LogP contribution in [0.25, 0.3) is 0 Å². The van der Waals surface area contributed by atoms with Gasteiger partial charge in [-0.1, -0.05) is 39.8 Å². The van der Waals surface area contributed by atoms with E-state index in [9.17, 15) is 0 Å². The van der Waals surface area contributed by atoms with Crippen LogP contribution in [0.3, 0.4) is 0 Å². The van der Waals surface area contributed by atoms with Crippen LogP contribution in [0.15, 0.2) is 4.52 Å². The smallest absolute Gasteiger partial charge is 0.228 e. The number of rotatable bonds is 6. The predicted octanol–water partition coefficient (Wildman–Crippen LogP) is 3.02. The normalized spacial score (nSPS) is 14.2. The highest BCUT2D eigenvalue weighted by molar-refractivity contribution is 7.99. The van der Waals surface area contributed by atoms with Crippen molar-refractivity contribution in [3.8, 4) is 0 Å². The van der Waals surface area contributed by atoms with Crippen molar-refractivity contribution < 1.29 is 4.52 Å². The van der Waals surface area contributed by atoms with Gasteiger partial charge in [-0.25, -0.2) is 0 Å². The highest BCUT2D eigenvalue weighted by atomic mass is 32.2. The van der Waals surface area contributed by atoms with E-state index in [-0.39, 0.29) is 10.8 Å². The number of nitrogens with two attached hydrogens (primary N) is 1. The minimum Gasteiger partial charge on any atom is -0.339 e. The Morgan fingerprint density at radius 3 is 2.56 bits per heavy atom. The molecule has 0 saturated heterocycles. The summed E-state index contributed by atoms with van der Waals surface area (Å²) in [6.45, 7) is 10.9. The molecule has 0 radical (unpaired) electrons. The van der Waals surface area contributed by atoms with Gasteiger partial charge < -0.3 is 10.3 Å². The zero-order chi connectivity index (χ0) is 13.8. The lowest BCUT2D eigenvalue weighted by molar-refractivity contribution is 0.356. The Kier molecular flexibility index (Phi) is 5.66. The minimum absolute atomic E-state index is 0.105. The number of hydrogen-bond acceptors (Lipinski definition) is 5. The van der Waals surface area contributed by atoms with Gasteiger partial charge in [0.15, 0.2) is 5.82 Å². The molecule has 0 aromatic carbocycles. The molecule has 104 valence electrons. The van der Waals surface area contributed by atoms with Gasteiger partial charge in [0.25, 0.3) is 0 Å². The Morgan fingerprint density at radius 2 is 2.00 bits per heavy atom. The van der Waals surface area contributed by atoms with E-state index in [4.69, 9.17) is 10.3 Å². The number of nitrogens with zero attached hydrogens (tertiary/aromatic N) is 2. The molecule has 0 aliphatic rings. The Hall–Kier alpha value is -0.550. The Balaban J connectivity index is 2.43. The van der Waals surface area contributed by atoms with Crippen LogP contribution in [-0.4, -0.2) is 20.9 Å². The molecule has 5 heteroatoms. The average Bonchev–Trinajstić information content (AvgIpc) is 2.60. The van der Waals surface area contributed by atoms with Gasteiger partial charge in [-0.15, -0.1) is 11.8 Å². The van der Waals surface area contributed by atoms with Crippen LogP contribution in [0.2, 0.25) is 0 Å². The summed E-state index contributed by atoms with van der Waals surface area (Å²) in [6, 6.07) is 0.105. The van der Waals surface area contributed by atoms with Crippen LogP contribution in [-0.2, 0) is 12.2 Å². The maximum Gasteiger partial charge on any atom is 0.228 e. The molecule has 1 unspecified atom stereocenters. The fraction of sp³-hybridized carbons (Fsp3) is 0.846. The van der Waals surface area contributed by atoms with E-state index in [1.54, 1.807) is 0 Å². The van der Waals surface area contributed by atoms with Crippen LogP contribution in [0.5, 0.6) is 0 Å². The second-order valence-corrected chi connectivity index (χ2v) is 7.90. The molecule has 1 heterocycles. The van der Waals surface area contributed by atoms with E-state index < -0.39 is 0 Å². The molecule has 0 saturated carbocycles. The molecule has 0 aliphatic carbocycles. The van der Waals surface area contributed by atoms with Gasteiger partial charge in [0.1, 0.15) is 0 Å². The first-order valence-electron chi connectivity index (χ1n) is 6.47. The second kappa shape index (κ2) is 6.57. The summed E-state index contributed by atoms with van der Waals surface area (Å²) in [4.78, 5) is 4.38. The first-order valence-corrected chi connectivity index (χ1v) is 7.46. The zero-order valence-electron chi connectivity index (χ0n) is 12.1. The van der Waals surface area contributed by atoms with Crippen molar-refractivity contribution >= 4 is 11.8 Å². The molecule has 4 nitrogen and oxygen atoms in total. The van der Waals surface area contributed by atoms with Crippen LogP contribution in [0.1, 0.15) is 52.8 Å². The lowest BCUT2D eigenvalue weighted by atomic mass is 10.0. The van der Waals surface area contributed by atoms with E-state index in [0.717, 1.165) is 18.0 Å². The quantitative estimate of drug-likeness (QED) is 0.861. The van der Waals surface area contributed by atoms with Crippen molar-refractivity contribution in [1.29, 1.82) is 0 Å². The molecule has 0 fully saturated rings. The lowest BCUT2D eigenvalue weighted by Gasteiger charge is -2.15. The first-order chi connectivity index (χ1) is 8.26. The Labute approximate surface area is 114 Å². The molecular formula is C13H25N3OS. The lowest BCUT2D eigenvalue weighted by Crippen LogP contribution is -2.24. The first kappa shape index (κ1) is 15.5. The number of thioether (sulfide) groups is 1. The number of aromatic nitrogens is 2. The van der Waals surface area contributed by atoms with Gasteiger partial charge in [0.05, 0.1) is 5.75 Å². The predicted molar refractivity (Wildman–Crippen MR) is 76.5 cm³/mol. The standard InChI is InChI=1S/C13H25N3OS/c1-9(2)6-10(14)7-12-15-11(16-17-12)8-18-13(3,4)5/h9-10H,6-8,14H2,1-5H3. The van der Waals surface area contributed by atoms with Gasteiger partial charge in [0, 0.05) is 17.2 Å². The molecule has 1 atom stereocenters. The molecular weight excluding hydrogens is 246 g/mol. The zero-order valence-corrected chi connectivity index (χ0v) is 12.9. The van der Waals surface area contributed by atoms with Crippen molar-refractivity contribution in [2.75, 3.05) is 0 Å². The molecule has 1 aromatic rings. The summed E-state index contributed by atoms with van der Waals surface area (Å²) < 4.78 is 5.44. The Bertz CT molecular complexity index is 357. The van der Waals surface area contributed by atoms with Crippen LogP contribution in [0, 0.1) is 5.92 Å². The van der Waals surface area contributed by atoms with E-state index in [2.05, 4.69) is 44.8 Å². The minimum atomic E-state index is 0.105. The monoisotopic (exact) mass is 271 g/mol. The summed E-state index contributed by atoms with van der Waals surface area (Å²) in [7, 11) is 0. The van der Waals surface area contributed by atoms with Gasteiger partial charge in [-0.05, 0) is 12.3 Å². The van der Waals surface area contributed by atoms with Crippen molar-refractivity contribution in [1.82, 2.24) is 10.1 Å². The molecule has 0 bridgehead atoms. The Morgan fingerprint density at radius 1 is 1.33 bits per heavy atom. The summed E-state index contributed by atoms with van der Waals surface area (Å²) in [5.74, 6) is 2.81. The van der Waals surface area contributed by atoms with E-state index in [1.807, 2.05) is 11.8 Å². The second-order valence-electron chi connectivity index (χ2n) is 6.10. The van der Waals surface area contributed by atoms with E-state index >= 15 is 0 Å². The molecule has 0 amide bonds. The van der Waals surface area contributed by atoms with Gasteiger partial charge in [-0.2, -0.15) is 4.98 Å². The van der Waals surface area contributed by atoms with Gasteiger partial charge >= 0.3 is 0 Å². The molecule has 2 N–H and O–H groups in total. The van der Waals surface area contributed by atoms with Crippen molar-refractivity contribution in [3.63, 3.8) is 0 Å². The number of hydrogen-bond donors (Lipinski definition) is 1. The third-order valence-corrected chi connectivity index (χ3v) is 3.62. The van der Waals surface area contributed by atoms with E-state index in [0.29, 0.717) is 18.2 Å².